The maximum atomic E-state index is 8.72. The highest BCUT2D eigenvalue weighted by molar-refractivity contribution is 6.18. The van der Waals surface area contributed by atoms with Crippen molar-refractivity contribution in [2.45, 2.75) is 6.42 Å². The van der Waals surface area contributed by atoms with Gasteiger partial charge in [0.15, 0.2) is 0 Å². The molecular weight excluding hydrogens is 146 g/mol. The van der Waals surface area contributed by atoms with Crippen LogP contribution in [-0.2, 0) is 0 Å². The van der Waals surface area contributed by atoms with Gasteiger partial charge in [-0.25, -0.2) is 0 Å². The fourth-order valence-corrected chi connectivity index (χ4v) is 1.13. The molecule has 0 N–H and O–H groups in total. The van der Waals surface area contributed by atoms with Gasteiger partial charge in [-0.1, -0.05) is 24.3 Å². The smallest absolute Gasteiger partial charge is 0.0925 e. The van der Waals surface area contributed by atoms with Crippen LogP contribution in [0.15, 0.2) is 24.3 Å². The zero-order valence-electron chi connectivity index (χ0n) is 5.55. The molecule has 0 radical (unpaired) electrons. The molecule has 0 bridgehead atoms. The van der Waals surface area contributed by atoms with Crippen LogP contribution in [-0.4, -0.2) is 5.88 Å². The summed E-state index contributed by atoms with van der Waals surface area (Å²) in [5.41, 5.74) is -0.434. The number of nitriles is 1. The molecule has 1 aliphatic rings. The minimum atomic E-state index is -0.434. The third kappa shape index (κ3) is 1.22. The first-order valence-electron chi connectivity index (χ1n) is 3.14. The second-order valence-corrected chi connectivity index (χ2v) is 2.66. The largest absolute Gasteiger partial charge is 0.197 e. The summed E-state index contributed by atoms with van der Waals surface area (Å²) in [4.78, 5) is 0. The minimum Gasteiger partial charge on any atom is -0.197 e. The van der Waals surface area contributed by atoms with Crippen LogP contribution in [0, 0.1) is 16.7 Å². The summed E-state index contributed by atoms with van der Waals surface area (Å²) in [6.45, 7) is 0. The molecule has 0 saturated carbocycles. The van der Waals surface area contributed by atoms with Crippen molar-refractivity contribution in [2.24, 2.45) is 5.41 Å². The van der Waals surface area contributed by atoms with Crippen LogP contribution >= 0.6 is 11.6 Å². The van der Waals surface area contributed by atoms with Gasteiger partial charge < -0.3 is 0 Å². The lowest BCUT2D eigenvalue weighted by atomic mass is 9.85. The maximum absolute atomic E-state index is 8.72. The molecule has 10 heavy (non-hydrogen) atoms. The van der Waals surface area contributed by atoms with Crippen LogP contribution < -0.4 is 0 Å². The molecule has 52 valence electrons. The van der Waals surface area contributed by atoms with Crippen LogP contribution in [0.5, 0.6) is 0 Å². The van der Waals surface area contributed by atoms with Gasteiger partial charge in [-0.3, -0.25) is 0 Å². The fourth-order valence-electron chi connectivity index (χ4n) is 0.877. The molecule has 0 aliphatic heterocycles. The van der Waals surface area contributed by atoms with Crippen molar-refractivity contribution in [3.63, 3.8) is 0 Å². The normalized spacial score (nSPS) is 30.0. The Hall–Kier alpha value is -0.740. The molecule has 0 aromatic heterocycles. The molecule has 0 aromatic rings. The molecule has 1 atom stereocenters. The average molecular weight is 154 g/mol. The molecular formula is C8H8ClN. The maximum Gasteiger partial charge on any atom is 0.0925 e. The van der Waals surface area contributed by atoms with E-state index in [2.05, 4.69) is 6.07 Å². The molecule has 1 rings (SSSR count). The van der Waals surface area contributed by atoms with E-state index in [1.165, 1.54) is 0 Å². The second kappa shape index (κ2) is 2.90. The van der Waals surface area contributed by atoms with E-state index in [4.69, 9.17) is 16.9 Å². The lowest BCUT2D eigenvalue weighted by molar-refractivity contribution is 0.581. The third-order valence-corrected chi connectivity index (χ3v) is 2.08. The highest BCUT2D eigenvalue weighted by Gasteiger charge is 2.24. The van der Waals surface area contributed by atoms with Gasteiger partial charge in [0.1, 0.15) is 0 Å². The predicted molar refractivity (Wildman–Crippen MR) is 41.7 cm³/mol. The molecule has 0 aromatic carbocycles. The summed E-state index contributed by atoms with van der Waals surface area (Å²) < 4.78 is 0. The van der Waals surface area contributed by atoms with Gasteiger partial charge in [-0.05, 0) is 6.42 Å². The number of hydrogen-bond donors (Lipinski definition) is 0. The minimum absolute atomic E-state index is 0.379. The van der Waals surface area contributed by atoms with Gasteiger partial charge in [-0.15, -0.1) is 11.6 Å². The summed E-state index contributed by atoms with van der Waals surface area (Å²) in [5, 5.41) is 8.72. The Labute approximate surface area is 65.6 Å². The highest BCUT2D eigenvalue weighted by atomic mass is 35.5. The topological polar surface area (TPSA) is 23.8 Å². The van der Waals surface area contributed by atoms with Gasteiger partial charge in [0.25, 0.3) is 0 Å². The van der Waals surface area contributed by atoms with Gasteiger partial charge in [0, 0.05) is 5.88 Å². The zero-order chi connectivity index (χ0) is 7.45. The van der Waals surface area contributed by atoms with E-state index >= 15 is 0 Å². The van der Waals surface area contributed by atoms with Crippen LogP contribution in [0.4, 0.5) is 0 Å². The number of hydrogen-bond acceptors (Lipinski definition) is 1. The molecule has 1 unspecified atom stereocenters. The molecule has 2 heteroatoms. The summed E-state index contributed by atoms with van der Waals surface area (Å²) in [5.74, 6) is 0.379. The van der Waals surface area contributed by atoms with Crippen molar-refractivity contribution < 1.29 is 0 Å². The molecule has 0 amide bonds. The SMILES string of the molecule is N#CC1(CCl)C=CC=CC1. The first-order chi connectivity index (χ1) is 4.83. The third-order valence-electron chi connectivity index (χ3n) is 1.61. The number of halogens is 1. The van der Waals surface area contributed by atoms with Crippen molar-refractivity contribution >= 4 is 11.6 Å². The average Bonchev–Trinajstić information content (AvgIpc) is 2.06. The van der Waals surface area contributed by atoms with Crippen molar-refractivity contribution in [3.05, 3.63) is 24.3 Å². The van der Waals surface area contributed by atoms with Gasteiger partial charge >= 0.3 is 0 Å². The molecule has 1 nitrogen and oxygen atoms in total. The Morgan fingerprint density at radius 3 is 2.70 bits per heavy atom. The van der Waals surface area contributed by atoms with Crippen LogP contribution in [0.1, 0.15) is 6.42 Å². The molecule has 0 fully saturated rings. The van der Waals surface area contributed by atoms with E-state index in [-0.39, 0.29) is 0 Å². The van der Waals surface area contributed by atoms with Gasteiger partial charge in [0.2, 0.25) is 0 Å². The van der Waals surface area contributed by atoms with E-state index in [1.807, 2.05) is 24.3 Å². The number of nitrogens with zero attached hydrogens (tertiary/aromatic N) is 1. The Balaban J connectivity index is 2.79. The summed E-state index contributed by atoms with van der Waals surface area (Å²) >= 11 is 5.63. The number of alkyl halides is 1. The lowest BCUT2D eigenvalue weighted by Gasteiger charge is -2.18. The van der Waals surface area contributed by atoms with Crippen molar-refractivity contribution in [1.82, 2.24) is 0 Å². The fraction of sp³-hybridized carbons (Fsp3) is 0.375. The van der Waals surface area contributed by atoms with E-state index in [0.29, 0.717) is 5.88 Å². The number of rotatable bonds is 1. The molecule has 0 heterocycles. The van der Waals surface area contributed by atoms with E-state index in [9.17, 15) is 0 Å². The van der Waals surface area contributed by atoms with Crippen LogP contribution in [0.2, 0.25) is 0 Å². The number of allylic oxidation sites excluding steroid dienone is 4. The Bertz CT molecular complexity index is 212. The summed E-state index contributed by atoms with van der Waals surface area (Å²) in [6.07, 6.45) is 8.37. The summed E-state index contributed by atoms with van der Waals surface area (Å²) in [6, 6.07) is 2.20. The van der Waals surface area contributed by atoms with Crippen molar-refractivity contribution in [1.29, 1.82) is 5.26 Å². The molecule has 0 spiro atoms. The lowest BCUT2D eigenvalue weighted by Crippen LogP contribution is -2.17. The van der Waals surface area contributed by atoms with E-state index < -0.39 is 5.41 Å². The Kier molecular flexibility index (Phi) is 2.13. The monoisotopic (exact) mass is 153 g/mol. The van der Waals surface area contributed by atoms with Gasteiger partial charge in [-0.2, -0.15) is 5.26 Å². The van der Waals surface area contributed by atoms with E-state index in [0.717, 1.165) is 6.42 Å². The van der Waals surface area contributed by atoms with Crippen LogP contribution in [0.25, 0.3) is 0 Å². The van der Waals surface area contributed by atoms with Crippen molar-refractivity contribution in [3.8, 4) is 6.07 Å². The predicted octanol–water partition coefficient (Wildman–Crippen LogP) is 2.25. The second-order valence-electron chi connectivity index (χ2n) is 2.39. The summed E-state index contributed by atoms with van der Waals surface area (Å²) in [7, 11) is 0. The molecule has 0 saturated heterocycles. The first-order valence-corrected chi connectivity index (χ1v) is 3.68. The van der Waals surface area contributed by atoms with Crippen LogP contribution in [0.3, 0.4) is 0 Å². The zero-order valence-corrected chi connectivity index (χ0v) is 6.30. The van der Waals surface area contributed by atoms with Crippen molar-refractivity contribution in [2.75, 3.05) is 5.88 Å². The van der Waals surface area contributed by atoms with Gasteiger partial charge in [0.05, 0.1) is 11.5 Å². The molecule has 1 aliphatic carbocycles. The van der Waals surface area contributed by atoms with E-state index in [1.54, 1.807) is 0 Å². The Morgan fingerprint density at radius 1 is 1.60 bits per heavy atom. The Morgan fingerprint density at radius 2 is 2.40 bits per heavy atom. The quantitative estimate of drug-likeness (QED) is 0.530. The highest BCUT2D eigenvalue weighted by Crippen LogP contribution is 2.27. The first kappa shape index (κ1) is 7.37. The standard InChI is InChI=1S/C8H8ClN/c9-6-8(7-10)4-2-1-3-5-8/h1-4H,5-6H2.